The van der Waals surface area contributed by atoms with Crippen molar-refractivity contribution < 1.29 is 9.53 Å². The first-order valence-electron chi connectivity index (χ1n) is 9.78. The Hall–Kier alpha value is -2.66. The van der Waals surface area contributed by atoms with Crippen LogP contribution in [0.4, 0.5) is 5.69 Å². The van der Waals surface area contributed by atoms with Crippen LogP contribution in [-0.2, 0) is 17.6 Å². The van der Waals surface area contributed by atoms with E-state index in [-0.39, 0.29) is 12.3 Å². The van der Waals surface area contributed by atoms with Gasteiger partial charge >= 0.3 is 0 Å². The van der Waals surface area contributed by atoms with Gasteiger partial charge in [-0.2, -0.15) is 0 Å². The van der Waals surface area contributed by atoms with E-state index in [9.17, 15) is 4.79 Å². The van der Waals surface area contributed by atoms with Crippen LogP contribution in [0, 0.1) is 0 Å². The molecule has 4 rings (SSSR count). The van der Waals surface area contributed by atoms with Gasteiger partial charge in [0.25, 0.3) is 0 Å². The van der Waals surface area contributed by atoms with E-state index in [1.54, 1.807) is 11.3 Å². The first-order valence-corrected chi connectivity index (χ1v) is 10.7. The molecule has 0 unspecified atom stereocenters. The smallest absolute Gasteiger partial charge is 0.230 e. The number of thiazole rings is 1. The van der Waals surface area contributed by atoms with Crippen molar-refractivity contribution in [2.45, 2.75) is 44.6 Å². The molecule has 0 atom stereocenters. The Kier molecular flexibility index (Phi) is 6.02. The molecular weight excluding hydrogens is 368 g/mol. The molecule has 1 aliphatic carbocycles. The third-order valence-corrected chi connectivity index (χ3v) is 5.78. The van der Waals surface area contributed by atoms with E-state index in [1.165, 1.54) is 18.4 Å². The van der Waals surface area contributed by atoms with Crippen LogP contribution in [0.15, 0.2) is 60.0 Å². The molecule has 1 saturated carbocycles. The highest BCUT2D eigenvalue weighted by molar-refractivity contribution is 7.09. The fourth-order valence-electron chi connectivity index (χ4n) is 3.47. The highest BCUT2D eigenvalue weighted by Gasteiger charge is 2.16. The van der Waals surface area contributed by atoms with Crippen molar-refractivity contribution in [2.75, 3.05) is 5.32 Å². The molecule has 1 aliphatic rings. The summed E-state index contributed by atoms with van der Waals surface area (Å²) in [5.74, 6) is 0.816. The monoisotopic (exact) mass is 392 g/mol. The SMILES string of the molecule is O=C(Cc1csc(Cc2ccccc2)n1)Nc1ccc(OC2CCCC2)cc1. The van der Waals surface area contributed by atoms with Gasteiger partial charge in [-0.25, -0.2) is 4.98 Å². The molecule has 4 nitrogen and oxygen atoms in total. The molecule has 144 valence electrons. The van der Waals surface area contributed by atoms with Crippen molar-refractivity contribution in [3.05, 3.63) is 76.2 Å². The molecule has 1 amide bonds. The molecule has 5 heteroatoms. The average molecular weight is 393 g/mol. The number of hydrogen-bond acceptors (Lipinski definition) is 4. The summed E-state index contributed by atoms with van der Waals surface area (Å²) in [7, 11) is 0. The predicted molar refractivity (Wildman–Crippen MR) is 113 cm³/mol. The van der Waals surface area contributed by atoms with Gasteiger partial charge in [0.2, 0.25) is 5.91 Å². The van der Waals surface area contributed by atoms with Crippen LogP contribution in [0.1, 0.15) is 41.9 Å². The first kappa shape index (κ1) is 18.7. The number of anilines is 1. The number of nitrogens with zero attached hydrogens (tertiary/aromatic N) is 1. The van der Waals surface area contributed by atoms with E-state index in [0.717, 1.165) is 41.4 Å². The second kappa shape index (κ2) is 9.02. The second-order valence-corrected chi connectivity index (χ2v) is 8.11. The quantitative estimate of drug-likeness (QED) is 0.598. The van der Waals surface area contributed by atoms with E-state index in [4.69, 9.17) is 4.74 Å². The number of ether oxygens (including phenoxy) is 1. The fraction of sp³-hybridized carbons (Fsp3) is 0.304. The summed E-state index contributed by atoms with van der Waals surface area (Å²) in [5.41, 5.74) is 2.82. The van der Waals surface area contributed by atoms with Crippen molar-refractivity contribution >= 4 is 22.9 Å². The Balaban J connectivity index is 1.28. The molecule has 28 heavy (non-hydrogen) atoms. The maximum absolute atomic E-state index is 12.3. The van der Waals surface area contributed by atoms with Gasteiger partial charge in [0.05, 0.1) is 23.2 Å². The lowest BCUT2D eigenvalue weighted by atomic mass is 10.2. The first-order chi connectivity index (χ1) is 13.7. The van der Waals surface area contributed by atoms with Crippen LogP contribution >= 0.6 is 11.3 Å². The molecule has 3 aromatic rings. The molecule has 0 bridgehead atoms. The summed E-state index contributed by atoms with van der Waals surface area (Å²) < 4.78 is 5.96. The Morgan fingerprint density at radius 1 is 1.07 bits per heavy atom. The highest BCUT2D eigenvalue weighted by atomic mass is 32.1. The zero-order chi connectivity index (χ0) is 19.2. The number of amides is 1. The summed E-state index contributed by atoms with van der Waals surface area (Å²) in [6, 6.07) is 17.9. The largest absolute Gasteiger partial charge is 0.490 e. The lowest BCUT2D eigenvalue weighted by Gasteiger charge is -2.13. The van der Waals surface area contributed by atoms with Crippen molar-refractivity contribution in [1.29, 1.82) is 0 Å². The van der Waals surface area contributed by atoms with Crippen LogP contribution in [-0.4, -0.2) is 17.0 Å². The molecule has 1 heterocycles. The van der Waals surface area contributed by atoms with Gasteiger partial charge in [-0.05, 0) is 55.5 Å². The van der Waals surface area contributed by atoms with Gasteiger partial charge < -0.3 is 10.1 Å². The second-order valence-electron chi connectivity index (χ2n) is 7.17. The molecule has 0 radical (unpaired) electrons. The van der Waals surface area contributed by atoms with Crippen LogP contribution < -0.4 is 10.1 Å². The average Bonchev–Trinajstić information content (AvgIpc) is 3.36. The molecular formula is C23H24N2O2S. The Labute approximate surface area is 169 Å². The van der Waals surface area contributed by atoms with Gasteiger partial charge in [0, 0.05) is 17.5 Å². The van der Waals surface area contributed by atoms with Crippen LogP contribution in [0.25, 0.3) is 0 Å². The predicted octanol–water partition coefficient (Wildman–Crippen LogP) is 5.24. The molecule has 0 spiro atoms. The van der Waals surface area contributed by atoms with Crippen LogP contribution in [0.5, 0.6) is 5.75 Å². The number of nitrogens with one attached hydrogen (secondary N) is 1. The van der Waals surface area contributed by atoms with E-state index < -0.39 is 0 Å². The number of rotatable bonds is 7. The van der Waals surface area contributed by atoms with Gasteiger partial charge in [0.15, 0.2) is 0 Å². The van der Waals surface area contributed by atoms with E-state index in [2.05, 4.69) is 22.4 Å². The summed E-state index contributed by atoms with van der Waals surface area (Å²) in [5, 5.41) is 5.94. The van der Waals surface area contributed by atoms with Crippen molar-refractivity contribution in [3.63, 3.8) is 0 Å². The third kappa shape index (κ3) is 5.20. The molecule has 1 aromatic heterocycles. The van der Waals surface area contributed by atoms with Crippen molar-refractivity contribution in [1.82, 2.24) is 4.98 Å². The lowest BCUT2D eigenvalue weighted by Crippen LogP contribution is -2.15. The Bertz CT molecular complexity index is 900. The molecule has 2 aromatic carbocycles. The van der Waals surface area contributed by atoms with Gasteiger partial charge in [-0.15, -0.1) is 11.3 Å². The fourth-order valence-corrected chi connectivity index (χ4v) is 4.30. The molecule has 0 saturated heterocycles. The Morgan fingerprint density at radius 2 is 1.82 bits per heavy atom. The number of hydrogen-bond donors (Lipinski definition) is 1. The minimum atomic E-state index is -0.0546. The Morgan fingerprint density at radius 3 is 2.57 bits per heavy atom. The molecule has 1 N–H and O–H groups in total. The summed E-state index contributed by atoms with van der Waals surface area (Å²) in [6.45, 7) is 0. The van der Waals surface area contributed by atoms with Gasteiger partial charge in [0.1, 0.15) is 5.75 Å². The summed E-state index contributed by atoms with van der Waals surface area (Å²) in [4.78, 5) is 16.9. The minimum Gasteiger partial charge on any atom is -0.490 e. The van der Waals surface area contributed by atoms with Crippen LogP contribution in [0.2, 0.25) is 0 Å². The van der Waals surface area contributed by atoms with Gasteiger partial charge in [-0.3, -0.25) is 4.79 Å². The van der Waals surface area contributed by atoms with Crippen molar-refractivity contribution in [3.8, 4) is 5.75 Å². The van der Waals surface area contributed by atoms with E-state index in [1.807, 2.05) is 47.8 Å². The topological polar surface area (TPSA) is 51.2 Å². The maximum atomic E-state index is 12.3. The third-order valence-electron chi connectivity index (χ3n) is 4.88. The lowest BCUT2D eigenvalue weighted by molar-refractivity contribution is -0.115. The van der Waals surface area contributed by atoms with E-state index in [0.29, 0.717) is 6.10 Å². The zero-order valence-electron chi connectivity index (χ0n) is 15.8. The number of aromatic nitrogens is 1. The number of carbonyl (C=O) groups is 1. The minimum absolute atomic E-state index is 0.0546. The zero-order valence-corrected chi connectivity index (χ0v) is 16.6. The number of benzene rings is 2. The highest BCUT2D eigenvalue weighted by Crippen LogP contribution is 2.25. The van der Waals surface area contributed by atoms with Crippen LogP contribution in [0.3, 0.4) is 0 Å². The number of carbonyl (C=O) groups excluding carboxylic acids is 1. The van der Waals surface area contributed by atoms with Gasteiger partial charge in [-0.1, -0.05) is 30.3 Å². The van der Waals surface area contributed by atoms with Crippen molar-refractivity contribution in [2.24, 2.45) is 0 Å². The maximum Gasteiger partial charge on any atom is 0.230 e. The summed E-state index contributed by atoms with van der Waals surface area (Å²) in [6.07, 6.45) is 6.21. The standard InChI is InChI=1S/C23H24N2O2S/c26-22(15-19-16-28-23(25-19)14-17-6-2-1-3-7-17)24-18-10-12-21(13-11-18)27-20-8-4-5-9-20/h1-3,6-7,10-13,16,20H,4-5,8-9,14-15H2,(H,24,26). The van der Waals surface area contributed by atoms with E-state index >= 15 is 0 Å². The molecule has 1 fully saturated rings. The summed E-state index contributed by atoms with van der Waals surface area (Å²) >= 11 is 1.60. The normalized spacial score (nSPS) is 14.1. The molecule has 0 aliphatic heterocycles.